The van der Waals surface area contributed by atoms with Crippen molar-refractivity contribution in [2.75, 3.05) is 15.5 Å². The average molecular weight is 402 g/mol. The Bertz CT molecular complexity index is 472. The van der Waals surface area contributed by atoms with Crippen molar-refractivity contribution in [2.24, 2.45) is 11.8 Å². The molecule has 1 aliphatic carbocycles. The van der Waals surface area contributed by atoms with Crippen LogP contribution in [0.4, 0.5) is 0 Å². The van der Waals surface area contributed by atoms with Gasteiger partial charge in [-0.3, -0.25) is 0 Å². The molecule has 0 amide bonds. The van der Waals surface area contributed by atoms with Gasteiger partial charge in [0.25, 0.3) is 0 Å². The third kappa shape index (κ3) is 3.14. The molecule has 0 N–H and O–H groups in total. The number of alkyl halides is 2. The molecule has 2 aliphatic heterocycles. The van der Waals surface area contributed by atoms with Crippen LogP contribution in [-0.4, -0.2) is 36.6 Å². The van der Waals surface area contributed by atoms with Crippen LogP contribution in [0.5, 0.6) is 0 Å². The molecule has 3 aliphatic rings. The molecule has 0 aromatic carbocycles. The van der Waals surface area contributed by atoms with Crippen LogP contribution in [0.25, 0.3) is 0 Å². The number of aromatic nitrogens is 3. The van der Waals surface area contributed by atoms with Crippen molar-refractivity contribution in [2.45, 2.75) is 57.1 Å². The number of hydrogen-bond acceptors (Lipinski definition) is 3. The van der Waals surface area contributed by atoms with E-state index in [0.29, 0.717) is 33.4 Å². The van der Waals surface area contributed by atoms with Crippen LogP contribution in [0.2, 0.25) is 0 Å². The van der Waals surface area contributed by atoms with Gasteiger partial charge < -0.3 is 0 Å². The summed E-state index contributed by atoms with van der Waals surface area (Å²) < 4.78 is 11.0. The van der Waals surface area contributed by atoms with E-state index >= 15 is 0 Å². The molecule has 0 bridgehead atoms. The normalized spacial score (nSPS) is 34.4. The fourth-order valence-electron chi connectivity index (χ4n) is 4.13. The molecule has 0 spiro atoms. The van der Waals surface area contributed by atoms with E-state index in [4.69, 9.17) is 4.74 Å². The number of nitrogens with zero attached hydrogens (tertiary/aromatic N) is 3. The molecule has 1 aromatic rings. The third-order valence-corrected chi connectivity index (χ3v) is 8.41. The maximum atomic E-state index is 6.01. The van der Waals surface area contributed by atoms with E-state index in [0.717, 1.165) is 24.9 Å². The zero-order chi connectivity index (χ0) is 14.1. The number of halogens is 1. The molecule has 1 aromatic heterocycles. The summed E-state index contributed by atoms with van der Waals surface area (Å²) in [6.45, 7) is 0.852. The zero-order valence-electron chi connectivity index (χ0n) is 12.6. The summed E-state index contributed by atoms with van der Waals surface area (Å²) in [7, 11) is 0. The first-order valence-electron chi connectivity index (χ1n) is 8.46. The van der Waals surface area contributed by atoms with Crippen molar-refractivity contribution in [3.63, 3.8) is 0 Å². The molecular formula is C16H25IN3O-. The topological polar surface area (TPSA) is 39.9 Å². The van der Waals surface area contributed by atoms with Gasteiger partial charge in [-0.25, -0.2) is 0 Å². The quantitative estimate of drug-likeness (QED) is 0.503. The predicted octanol–water partition coefficient (Wildman–Crippen LogP) is -0.550. The molecule has 3 atom stereocenters. The number of hydrogen-bond donors (Lipinski definition) is 0. The molecule has 0 radical (unpaired) electrons. The van der Waals surface area contributed by atoms with Gasteiger partial charge in [0.15, 0.2) is 0 Å². The van der Waals surface area contributed by atoms with Crippen molar-refractivity contribution in [1.82, 2.24) is 15.0 Å². The molecule has 2 saturated heterocycles. The summed E-state index contributed by atoms with van der Waals surface area (Å²) in [5.74, 6) is 1.56. The van der Waals surface area contributed by atoms with Gasteiger partial charge in [-0.1, -0.05) is 0 Å². The summed E-state index contributed by atoms with van der Waals surface area (Å²) in [6.07, 6.45) is 12.2. The monoisotopic (exact) mass is 402 g/mol. The predicted molar refractivity (Wildman–Crippen MR) is 76.9 cm³/mol. The number of fused-ring (bicyclic) bond motifs is 1. The molecule has 21 heavy (non-hydrogen) atoms. The van der Waals surface area contributed by atoms with Crippen LogP contribution in [0.15, 0.2) is 6.20 Å². The minimum atomic E-state index is 0.412. The van der Waals surface area contributed by atoms with E-state index in [1.807, 2.05) is 0 Å². The molecule has 118 valence electrons. The van der Waals surface area contributed by atoms with Crippen LogP contribution in [0, 0.1) is 11.8 Å². The fourth-order valence-corrected chi connectivity index (χ4v) is 7.50. The van der Waals surface area contributed by atoms with Crippen molar-refractivity contribution < 1.29 is 25.9 Å². The van der Waals surface area contributed by atoms with Crippen molar-refractivity contribution >= 4 is 0 Å². The molecule has 0 unspecified atom stereocenters. The summed E-state index contributed by atoms with van der Waals surface area (Å²) in [6, 6.07) is 0.461. The Hall–Kier alpha value is -0.170. The Morgan fingerprint density at radius 1 is 1.24 bits per heavy atom. The second-order valence-corrected chi connectivity index (χ2v) is 9.86. The SMILES string of the molecule is c1c(CC2CCCCC2)nnn1[C@H]1CO[C@@H]2CC[I-]C[C@@H]21. The van der Waals surface area contributed by atoms with E-state index in [9.17, 15) is 0 Å². The van der Waals surface area contributed by atoms with Crippen LogP contribution in [0.3, 0.4) is 0 Å². The van der Waals surface area contributed by atoms with Gasteiger partial charge in [0, 0.05) is 0 Å². The summed E-state index contributed by atoms with van der Waals surface area (Å²) >= 11 is 0.412. The van der Waals surface area contributed by atoms with Gasteiger partial charge in [0.1, 0.15) is 0 Å². The molecule has 5 heteroatoms. The molecular weight excluding hydrogens is 377 g/mol. The number of ether oxygens (including phenoxy) is 1. The first-order chi connectivity index (χ1) is 10.4. The van der Waals surface area contributed by atoms with E-state index in [1.165, 1.54) is 53.1 Å². The Morgan fingerprint density at radius 3 is 3.05 bits per heavy atom. The molecule has 4 nitrogen and oxygen atoms in total. The van der Waals surface area contributed by atoms with Crippen molar-refractivity contribution in [3.05, 3.63) is 11.9 Å². The van der Waals surface area contributed by atoms with Gasteiger partial charge >= 0.3 is 137 Å². The van der Waals surface area contributed by atoms with E-state index < -0.39 is 0 Å². The van der Waals surface area contributed by atoms with Crippen LogP contribution < -0.4 is 21.2 Å². The van der Waals surface area contributed by atoms with Gasteiger partial charge in [-0.05, 0) is 0 Å². The Kier molecular flexibility index (Phi) is 4.48. The Labute approximate surface area is 137 Å². The van der Waals surface area contributed by atoms with Gasteiger partial charge in [0.2, 0.25) is 0 Å². The number of rotatable bonds is 3. The van der Waals surface area contributed by atoms with Crippen molar-refractivity contribution in [1.29, 1.82) is 0 Å². The summed E-state index contributed by atoms with van der Waals surface area (Å²) in [5, 5.41) is 8.91. The Balaban J connectivity index is 1.42. The van der Waals surface area contributed by atoms with Gasteiger partial charge in [-0.15, -0.1) is 0 Å². The molecule has 1 saturated carbocycles. The first kappa shape index (κ1) is 14.4. The second kappa shape index (κ2) is 6.52. The van der Waals surface area contributed by atoms with Crippen LogP contribution >= 0.6 is 0 Å². The third-order valence-electron chi connectivity index (χ3n) is 5.39. The zero-order valence-corrected chi connectivity index (χ0v) is 14.7. The maximum absolute atomic E-state index is 6.01. The van der Waals surface area contributed by atoms with E-state index in [-0.39, 0.29) is 0 Å². The average Bonchev–Trinajstić information content (AvgIpc) is 3.14. The van der Waals surface area contributed by atoms with Crippen LogP contribution in [-0.2, 0) is 11.2 Å². The van der Waals surface area contributed by atoms with E-state index in [1.54, 1.807) is 0 Å². The minimum absolute atomic E-state index is 0.412. The molecule has 3 heterocycles. The molecule has 3 fully saturated rings. The van der Waals surface area contributed by atoms with Crippen molar-refractivity contribution in [3.8, 4) is 0 Å². The summed E-state index contributed by atoms with van der Waals surface area (Å²) in [4.78, 5) is 0. The Morgan fingerprint density at radius 2 is 2.14 bits per heavy atom. The summed E-state index contributed by atoms with van der Waals surface area (Å²) in [5.41, 5.74) is 1.20. The standard InChI is InChI=1S/C16H25IN3O/c1-2-4-12(5-3-1)8-13-10-20(19-18-13)15-11-21-16-6-7-17-9-14(15)16/h10,12,14-16H,1-9,11H2/q-1/t14-,15+,16-/m1/s1. The van der Waals surface area contributed by atoms with E-state index in [2.05, 4.69) is 21.2 Å². The fraction of sp³-hybridized carbons (Fsp3) is 0.875. The molecule has 4 rings (SSSR count). The first-order valence-corrected chi connectivity index (χ1v) is 11.5. The van der Waals surface area contributed by atoms with Crippen LogP contribution in [0.1, 0.15) is 50.3 Å². The van der Waals surface area contributed by atoms with Gasteiger partial charge in [0.05, 0.1) is 0 Å². The second-order valence-electron chi connectivity index (χ2n) is 6.82. The van der Waals surface area contributed by atoms with Gasteiger partial charge in [-0.2, -0.15) is 0 Å².